The molecule has 2 aromatic carbocycles. The topological polar surface area (TPSA) is 139 Å². The van der Waals surface area contributed by atoms with E-state index in [0.717, 1.165) is 0 Å². The molecule has 0 saturated heterocycles. The highest BCUT2D eigenvalue weighted by atomic mass is 16.5. The van der Waals surface area contributed by atoms with Gasteiger partial charge in [0.05, 0.1) is 26.9 Å². The number of phenols is 4. The SMILES string of the molecule is COc1c(O)c(O)c2oc(-c3cccc(O)c3O)c(OC)c(=O)c2c1OC. The Balaban J connectivity index is 2.55. The first kappa shape index (κ1) is 18.1. The zero-order chi connectivity index (χ0) is 19.9. The van der Waals surface area contributed by atoms with Gasteiger partial charge in [0.15, 0.2) is 28.6 Å². The number of rotatable bonds is 4. The first-order valence-electron chi connectivity index (χ1n) is 7.59. The Morgan fingerprint density at radius 1 is 0.815 bits per heavy atom. The van der Waals surface area contributed by atoms with Gasteiger partial charge >= 0.3 is 0 Å². The van der Waals surface area contributed by atoms with Gasteiger partial charge in [-0.15, -0.1) is 0 Å². The van der Waals surface area contributed by atoms with Crippen LogP contribution in [0.4, 0.5) is 0 Å². The second-order valence-corrected chi connectivity index (χ2v) is 5.43. The third-order valence-electron chi connectivity index (χ3n) is 4.03. The quantitative estimate of drug-likeness (QED) is 0.505. The lowest BCUT2D eigenvalue weighted by atomic mass is 10.1. The number of ether oxygens (including phenoxy) is 3. The molecule has 0 amide bonds. The molecule has 0 bridgehead atoms. The number of methoxy groups -OCH3 is 3. The van der Waals surface area contributed by atoms with Crippen molar-refractivity contribution in [1.29, 1.82) is 0 Å². The van der Waals surface area contributed by atoms with Crippen LogP contribution in [0.15, 0.2) is 27.4 Å². The van der Waals surface area contributed by atoms with Crippen molar-refractivity contribution in [2.24, 2.45) is 0 Å². The van der Waals surface area contributed by atoms with Gasteiger partial charge in [-0.05, 0) is 12.1 Å². The minimum Gasteiger partial charge on any atom is -0.504 e. The molecular weight excluding hydrogens is 360 g/mol. The summed E-state index contributed by atoms with van der Waals surface area (Å²) in [7, 11) is 3.68. The van der Waals surface area contributed by atoms with Gasteiger partial charge in [0.1, 0.15) is 5.39 Å². The van der Waals surface area contributed by atoms with E-state index in [-0.39, 0.29) is 34.0 Å². The van der Waals surface area contributed by atoms with E-state index >= 15 is 0 Å². The molecular formula is C18H16O9. The number of phenolic OH excluding ortho intramolecular Hbond substituents is 4. The zero-order valence-corrected chi connectivity index (χ0v) is 14.6. The summed E-state index contributed by atoms with van der Waals surface area (Å²) in [5.41, 5.74) is -1.21. The van der Waals surface area contributed by atoms with Gasteiger partial charge in [-0.1, -0.05) is 6.07 Å². The van der Waals surface area contributed by atoms with Crippen LogP contribution in [0.5, 0.6) is 40.2 Å². The van der Waals surface area contributed by atoms with E-state index in [9.17, 15) is 25.2 Å². The summed E-state index contributed by atoms with van der Waals surface area (Å²) < 4.78 is 20.9. The van der Waals surface area contributed by atoms with Crippen molar-refractivity contribution in [3.05, 3.63) is 28.4 Å². The van der Waals surface area contributed by atoms with E-state index in [2.05, 4.69) is 0 Å². The Bertz CT molecular complexity index is 1100. The Labute approximate surface area is 152 Å². The predicted octanol–water partition coefficient (Wildman–Crippen LogP) is 2.31. The normalized spacial score (nSPS) is 10.8. The second-order valence-electron chi connectivity index (χ2n) is 5.43. The van der Waals surface area contributed by atoms with Gasteiger partial charge in [0, 0.05) is 0 Å². The molecule has 3 rings (SSSR count). The average molecular weight is 376 g/mol. The number of fused-ring (bicyclic) bond motifs is 1. The van der Waals surface area contributed by atoms with Crippen LogP contribution < -0.4 is 19.6 Å². The molecule has 0 aliphatic heterocycles. The molecule has 0 saturated carbocycles. The van der Waals surface area contributed by atoms with E-state index in [4.69, 9.17) is 18.6 Å². The van der Waals surface area contributed by atoms with Crippen molar-refractivity contribution in [2.45, 2.75) is 0 Å². The van der Waals surface area contributed by atoms with E-state index in [1.165, 1.54) is 39.5 Å². The van der Waals surface area contributed by atoms with E-state index in [1.807, 2.05) is 0 Å². The maximum Gasteiger partial charge on any atom is 0.239 e. The highest BCUT2D eigenvalue weighted by Crippen LogP contribution is 2.51. The van der Waals surface area contributed by atoms with Gasteiger partial charge in [0.2, 0.25) is 28.4 Å². The molecule has 0 aliphatic carbocycles. The number of hydrogen-bond acceptors (Lipinski definition) is 9. The molecule has 9 heteroatoms. The summed E-state index contributed by atoms with van der Waals surface area (Å²) in [6.45, 7) is 0. The summed E-state index contributed by atoms with van der Waals surface area (Å²) in [5.74, 6) is -3.45. The van der Waals surface area contributed by atoms with Crippen LogP contribution in [-0.4, -0.2) is 41.8 Å². The van der Waals surface area contributed by atoms with Crippen molar-refractivity contribution in [2.75, 3.05) is 21.3 Å². The Morgan fingerprint density at radius 2 is 1.44 bits per heavy atom. The third kappa shape index (κ3) is 2.51. The van der Waals surface area contributed by atoms with Crippen molar-refractivity contribution in [1.82, 2.24) is 0 Å². The second kappa shape index (κ2) is 6.52. The van der Waals surface area contributed by atoms with Crippen LogP contribution in [0.3, 0.4) is 0 Å². The summed E-state index contributed by atoms with van der Waals surface area (Å²) in [6, 6.07) is 4.03. The van der Waals surface area contributed by atoms with Crippen molar-refractivity contribution < 1.29 is 39.1 Å². The van der Waals surface area contributed by atoms with E-state index in [0.29, 0.717) is 0 Å². The van der Waals surface area contributed by atoms with Crippen LogP contribution >= 0.6 is 0 Å². The number of benzene rings is 2. The molecule has 27 heavy (non-hydrogen) atoms. The standard InChI is InChI=1S/C18H16O9/c1-24-16-9-11(21)17(25-2)14(7-5-4-6-8(19)10(7)20)27-15(9)12(22)13(23)18(16)26-3/h4-6,19-20,22-23H,1-3H3. The molecule has 1 aromatic heterocycles. The third-order valence-corrected chi connectivity index (χ3v) is 4.03. The summed E-state index contributed by atoms with van der Waals surface area (Å²) in [6.07, 6.45) is 0. The van der Waals surface area contributed by atoms with Crippen molar-refractivity contribution in [3.8, 4) is 51.6 Å². The molecule has 0 unspecified atom stereocenters. The number of hydrogen-bond donors (Lipinski definition) is 4. The zero-order valence-electron chi connectivity index (χ0n) is 14.6. The minimum atomic E-state index is -0.761. The van der Waals surface area contributed by atoms with Crippen LogP contribution in [0.2, 0.25) is 0 Å². The first-order valence-corrected chi connectivity index (χ1v) is 7.59. The maximum absolute atomic E-state index is 13.0. The van der Waals surface area contributed by atoms with Crippen LogP contribution in [0, 0.1) is 0 Å². The highest BCUT2D eigenvalue weighted by molar-refractivity contribution is 5.96. The molecule has 1 heterocycles. The molecule has 142 valence electrons. The lowest BCUT2D eigenvalue weighted by Gasteiger charge is -2.16. The fourth-order valence-electron chi connectivity index (χ4n) is 2.79. The van der Waals surface area contributed by atoms with E-state index < -0.39 is 34.0 Å². The lowest BCUT2D eigenvalue weighted by Crippen LogP contribution is -2.10. The smallest absolute Gasteiger partial charge is 0.239 e. The largest absolute Gasteiger partial charge is 0.504 e. The fourth-order valence-corrected chi connectivity index (χ4v) is 2.79. The fraction of sp³-hybridized carbons (Fsp3) is 0.167. The molecule has 0 aliphatic rings. The summed E-state index contributed by atoms with van der Waals surface area (Å²) >= 11 is 0. The number of aromatic hydroxyl groups is 4. The molecule has 9 nitrogen and oxygen atoms in total. The van der Waals surface area contributed by atoms with Gasteiger partial charge in [-0.25, -0.2) is 0 Å². The molecule has 0 spiro atoms. The van der Waals surface area contributed by atoms with Crippen molar-refractivity contribution >= 4 is 11.0 Å². The summed E-state index contributed by atoms with van der Waals surface area (Å²) in [4.78, 5) is 13.0. The summed E-state index contributed by atoms with van der Waals surface area (Å²) in [5, 5.41) is 40.1. The van der Waals surface area contributed by atoms with Gasteiger partial charge in [0.25, 0.3) is 0 Å². The Morgan fingerprint density at radius 3 is 2.04 bits per heavy atom. The van der Waals surface area contributed by atoms with Crippen LogP contribution in [-0.2, 0) is 0 Å². The Hall–Kier alpha value is -3.75. The molecule has 0 radical (unpaired) electrons. The minimum absolute atomic E-state index is 0.0560. The van der Waals surface area contributed by atoms with Crippen LogP contribution in [0.1, 0.15) is 0 Å². The maximum atomic E-state index is 13.0. The Kier molecular flexibility index (Phi) is 4.36. The van der Waals surface area contributed by atoms with Gasteiger partial charge in [-0.2, -0.15) is 0 Å². The van der Waals surface area contributed by atoms with Crippen molar-refractivity contribution in [3.63, 3.8) is 0 Å². The molecule has 0 fully saturated rings. The molecule has 3 aromatic rings. The van der Waals surface area contributed by atoms with Crippen LogP contribution in [0.25, 0.3) is 22.3 Å². The number of para-hydroxylation sites is 1. The lowest BCUT2D eigenvalue weighted by molar-refractivity contribution is 0.321. The highest BCUT2D eigenvalue weighted by Gasteiger charge is 2.29. The molecule has 0 atom stereocenters. The van der Waals surface area contributed by atoms with Gasteiger partial charge < -0.3 is 39.1 Å². The monoisotopic (exact) mass is 376 g/mol. The predicted molar refractivity (Wildman–Crippen MR) is 94.2 cm³/mol. The first-order chi connectivity index (χ1) is 12.9. The average Bonchev–Trinajstić information content (AvgIpc) is 2.66. The molecule has 4 N–H and O–H groups in total. The van der Waals surface area contributed by atoms with Gasteiger partial charge in [-0.3, -0.25) is 4.79 Å². The van der Waals surface area contributed by atoms with E-state index in [1.54, 1.807) is 0 Å².